The van der Waals surface area contributed by atoms with Crippen LogP contribution in [0.15, 0.2) is 36.5 Å². The van der Waals surface area contributed by atoms with E-state index in [4.69, 9.17) is 18.5 Å². The lowest BCUT2D eigenvalue weighted by Crippen LogP contribution is -2.37. The number of quaternary nitrogens is 1. The molecule has 0 fully saturated rings. The monoisotopic (exact) mass is 729 g/mol. The number of carbonyl (C=O) groups is 2. The normalized spacial score (nSPS) is 14.1. The van der Waals surface area contributed by atoms with Crippen molar-refractivity contribution in [1.82, 2.24) is 0 Å². The fourth-order valence-electron chi connectivity index (χ4n) is 5.02. The third-order valence-corrected chi connectivity index (χ3v) is 9.16. The van der Waals surface area contributed by atoms with Crippen molar-refractivity contribution in [2.45, 2.75) is 161 Å². The number of rotatable bonds is 35. The summed E-state index contributed by atoms with van der Waals surface area (Å²) >= 11 is 0. The third-order valence-electron chi connectivity index (χ3n) is 8.17. The molecule has 0 heterocycles. The van der Waals surface area contributed by atoms with Gasteiger partial charge in [-0.2, -0.15) is 0 Å². The predicted octanol–water partition coefficient (Wildman–Crippen LogP) is 10.6. The van der Waals surface area contributed by atoms with Gasteiger partial charge in [0.1, 0.15) is 19.8 Å². The molecule has 0 aromatic carbocycles. The minimum absolute atomic E-state index is 0.0281. The highest BCUT2D eigenvalue weighted by Gasteiger charge is 2.27. The molecule has 10 heteroatoms. The molecule has 2 atom stereocenters. The van der Waals surface area contributed by atoms with Crippen molar-refractivity contribution in [3.63, 3.8) is 0 Å². The van der Waals surface area contributed by atoms with Gasteiger partial charge in [-0.15, -0.1) is 0 Å². The topological polar surface area (TPSA) is 108 Å². The van der Waals surface area contributed by atoms with Crippen molar-refractivity contribution in [3.8, 4) is 0 Å². The highest BCUT2D eigenvalue weighted by Crippen LogP contribution is 2.43. The van der Waals surface area contributed by atoms with Crippen molar-refractivity contribution in [2.75, 3.05) is 47.5 Å². The van der Waals surface area contributed by atoms with Gasteiger partial charge in [-0.1, -0.05) is 127 Å². The fourth-order valence-corrected chi connectivity index (χ4v) is 5.76. The van der Waals surface area contributed by atoms with Gasteiger partial charge in [0.15, 0.2) is 6.10 Å². The molecule has 0 aliphatic carbocycles. The van der Waals surface area contributed by atoms with Crippen LogP contribution in [0.1, 0.15) is 155 Å². The SMILES string of the molecule is CCCCC/C=C\C/C=C\C/C=C\CCCCCCC(=O)OC[C@H](COP(=O)(O)OCC[N+](C)(C)C)OC(=O)CCCCCCCCCCC. The van der Waals surface area contributed by atoms with Crippen molar-refractivity contribution < 1.29 is 42.1 Å². The number of likely N-dealkylation sites (N-methyl/N-ethyl adjacent to an activating group) is 1. The molecule has 0 amide bonds. The van der Waals surface area contributed by atoms with Gasteiger partial charge >= 0.3 is 19.8 Å². The first-order valence-electron chi connectivity index (χ1n) is 19.7. The second kappa shape index (κ2) is 33.1. The molecule has 0 aliphatic rings. The largest absolute Gasteiger partial charge is 0.472 e. The first kappa shape index (κ1) is 48.2. The third kappa shape index (κ3) is 36.0. The predicted molar refractivity (Wildman–Crippen MR) is 206 cm³/mol. The number of hydrogen-bond acceptors (Lipinski definition) is 7. The van der Waals surface area contributed by atoms with Crippen molar-refractivity contribution in [2.24, 2.45) is 0 Å². The van der Waals surface area contributed by atoms with Crippen LogP contribution in [0.5, 0.6) is 0 Å². The summed E-state index contributed by atoms with van der Waals surface area (Å²) in [6.07, 6.45) is 34.8. The lowest BCUT2D eigenvalue weighted by atomic mass is 10.1. The minimum Gasteiger partial charge on any atom is -0.462 e. The molecule has 50 heavy (non-hydrogen) atoms. The Morgan fingerprint density at radius 1 is 0.620 bits per heavy atom. The summed E-state index contributed by atoms with van der Waals surface area (Å²) in [6, 6.07) is 0. The lowest BCUT2D eigenvalue weighted by molar-refractivity contribution is -0.870. The van der Waals surface area contributed by atoms with Crippen LogP contribution in [0.3, 0.4) is 0 Å². The maximum absolute atomic E-state index is 12.6. The number of unbranched alkanes of at least 4 members (excludes halogenated alkanes) is 15. The van der Waals surface area contributed by atoms with E-state index in [9.17, 15) is 19.0 Å². The first-order chi connectivity index (χ1) is 24.0. The number of allylic oxidation sites excluding steroid dienone is 6. The van der Waals surface area contributed by atoms with Gasteiger partial charge in [0.05, 0.1) is 27.7 Å². The number of carbonyl (C=O) groups excluding carboxylic acids is 2. The van der Waals surface area contributed by atoms with Gasteiger partial charge in [0, 0.05) is 12.8 Å². The number of esters is 2. The Morgan fingerprint density at radius 3 is 1.64 bits per heavy atom. The van der Waals surface area contributed by atoms with E-state index in [0.29, 0.717) is 23.9 Å². The van der Waals surface area contributed by atoms with Crippen LogP contribution in [-0.4, -0.2) is 74.9 Å². The van der Waals surface area contributed by atoms with Crippen LogP contribution in [0.25, 0.3) is 0 Å². The Morgan fingerprint density at radius 2 is 1.08 bits per heavy atom. The van der Waals surface area contributed by atoms with E-state index in [1.54, 1.807) is 0 Å². The summed E-state index contributed by atoms with van der Waals surface area (Å²) in [6.45, 7) is 4.33. The highest BCUT2D eigenvalue weighted by atomic mass is 31.2. The average Bonchev–Trinajstić information content (AvgIpc) is 3.06. The first-order valence-corrected chi connectivity index (χ1v) is 21.2. The maximum atomic E-state index is 12.6. The van der Waals surface area contributed by atoms with Gasteiger partial charge in [-0.25, -0.2) is 4.57 Å². The number of hydrogen-bond donors (Lipinski definition) is 1. The van der Waals surface area contributed by atoms with E-state index in [0.717, 1.165) is 57.8 Å². The molecule has 0 saturated heterocycles. The van der Waals surface area contributed by atoms with E-state index in [1.807, 2.05) is 21.1 Å². The molecule has 0 aliphatic heterocycles. The van der Waals surface area contributed by atoms with E-state index in [1.165, 1.54) is 57.8 Å². The molecule has 292 valence electrons. The molecule has 0 aromatic rings. The second-order valence-corrected chi connectivity index (χ2v) is 15.8. The Bertz CT molecular complexity index is 959. The summed E-state index contributed by atoms with van der Waals surface area (Å²) in [4.78, 5) is 35.1. The zero-order valence-corrected chi connectivity index (χ0v) is 33.5. The van der Waals surface area contributed by atoms with Gasteiger partial charge < -0.3 is 18.9 Å². The quantitative estimate of drug-likeness (QED) is 0.0226. The molecule has 0 bridgehead atoms. The fraction of sp³-hybridized carbons (Fsp3) is 0.800. The molecule has 1 unspecified atom stereocenters. The summed E-state index contributed by atoms with van der Waals surface area (Å²) in [5, 5.41) is 0. The summed E-state index contributed by atoms with van der Waals surface area (Å²) in [5.74, 6) is -0.828. The Balaban J connectivity index is 4.41. The molecule has 9 nitrogen and oxygen atoms in total. The summed E-state index contributed by atoms with van der Waals surface area (Å²) < 4.78 is 34.1. The molecule has 0 radical (unpaired) electrons. The van der Waals surface area contributed by atoms with Gasteiger partial charge in [0.25, 0.3) is 0 Å². The van der Waals surface area contributed by atoms with Crippen molar-refractivity contribution in [3.05, 3.63) is 36.5 Å². The Labute approximate surface area is 306 Å². The van der Waals surface area contributed by atoms with Crippen molar-refractivity contribution >= 4 is 19.8 Å². The number of nitrogens with zero attached hydrogens (tertiary/aromatic N) is 1. The number of phosphoric ester groups is 1. The summed E-state index contributed by atoms with van der Waals surface area (Å²) in [7, 11) is 1.46. The average molecular weight is 729 g/mol. The summed E-state index contributed by atoms with van der Waals surface area (Å²) in [5.41, 5.74) is 0. The smallest absolute Gasteiger partial charge is 0.462 e. The van der Waals surface area contributed by atoms with Crippen LogP contribution in [0.4, 0.5) is 0 Å². The van der Waals surface area contributed by atoms with Crippen LogP contribution >= 0.6 is 7.82 Å². The highest BCUT2D eigenvalue weighted by molar-refractivity contribution is 7.47. The van der Waals surface area contributed by atoms with Gasteiger partial charge in [-0.05, 0) is 51.4 Å². The molecule has 0 rings (SSSR count). The van der Waals surface area contributed by atoms with Gasteiger partial charge in [0.2, 0.25) is 0 Å². The van der Waals surface area contributed by atoms with Gasteiger partial charge in [-0.3, -0.25) is 18.6 Å². The zero-order chi connectivity index (χ0) is 37.2. The Hall–Kier alpha value is -1.77. The van der Waals surface area contributed by atoms with E-state index in [2.05, 4.69) is 50.3 Å². The van der Waals surface area contributed by atoms with E-state index >= 15 is 0 Å². The standard InChI is InChI=1S/C40H74NO8P/c1-6-8-10-12-14-16-17-18-19-20-21-22-23-25-26-28-30-32-39(42)46-36-38(37-48-50(44,45)47-35-34-41(3,4)5)49-40(43)33-31-29-27-24-15-13-11-9-7-2/h14,16,18-19,21-22,38H,6-13,15,17,20,23-37H2,1-5H3/p+1/b16-14-,19-18-,22-21-/t38-/m1/s1. The van der Waals surface area contributed by atoms with Crippen LogP contribution in [0.2, 0.25) is 0 Å². The van der Waals surface area contributed by atoms with Crippen molar-refractivity contribution in [1.29, 1.82) is 0 Å². The molecule has 1 N–H and O–H groups in total. The van der Waals surface area contributed by atoms with Crippen LogP contribution in [0, 0.1) is 0 Å². The molecular weight excluding hydrogens is 653 g/mol. The van der Waals surface area contributed by atoms with Crippen LogP contribution < -0.4 is 0 Å². The van der Waals surface area contributed by atoms with Crippen LogP contribution in [-0.2, 0) is 32.7 Å². The number of ether oxygens (including phenoxy) is 2. The Kier molecular flexibility index (Phi) is 31.9. The lowest BCUT2D eigenvalue weighted by Gasteiger charge is -2.24. The zero-order valence-electron chi connectivity index (χ0n) is 32.6. The molecule has 0 aromatic heterocycles. The number of phosphoric acid groups is 1. The second-order valence-electron chi connectivity index (χ2n) is 14.3. The maximum Gasteiger partial charge on any atom is 0.472 e. The molecule has 0 spiro atoms. The minimum atomic E-state index is -4.37. The van der Waals surface area contributed by atoms with E-state index < -0.39 is 26.5 Å². The van der Waals surface area contributed by atoms with E-state index in [-0.39, 0.29) is 32.0 Å². The molecular formula is C40H75NO8P+. The molecule has 0 saturated carbocycles.